The molecule has 0 aromatic heterocycles. The molecule has 0 fully saturated rings. The quantitative estimate of drug-likeness (QED) is 0.793. The van der Waals surface area contributed by atoms with E-state index in [9.17, 15) is 12.8 Å². The number of benzene rings is 2. The Labute approximate surface area is 133 Å². The van der Waals surface area contributed by atoms with E-state index in [0.29, 0.717) is 14.5 Å². The van der Waals surface area contributed by atoms with Gasteiger partial charge in [0.15, 0.2) is 0 Å². The summed E-state index contributed by atoms with van der Waals surface area (Å²) in [5.41, 5.74) is 0.829. The average molecular weight is 423 g/mol. The van der Waals surface area contributed by atoms with Crippen molar-refractivity contribution >= 4 is 47.6 Å². The summed E-state index contributed by atoms with van der Waals surface area (Å²) >= 11 is 6.25. The van der Waals surface area contributed by atoms with E-state index in [1.165, 1.54) is 12.1 Å². The van der Waals surface area contributed by atoms with Crippen molar-refractivity contribution in [1.82, 2.24) is 0 Å². The van der Waals surface area contributed by atoms with Crippen LogP contribution in [0.4, 0.5) is 10.1 Å². The van der Waals surface area contributed by atoms with E-state index in [0.717, 1.165) is 6.07 Å². The Morgan fingerprint density at radius 2 is 1.75 bits per heavy atom. The van der Waals surface area contributed by atoms with Crippen LogP contribution in [0.1, 0.15) is 5.56 Å². The summed E-state index contributed by atoms with van der Waals surface area (Å²) < 4.78 is 41.2. The van der Waals surface area contributed by atoms with E-state index in [1.807, 2.05) is 0 Å². The van der Waals surface area contributed by atoms with Crippen LogP contribution in [0.2, 0.25) is 0 Å². The van der Waals surface area contributed by atoms with Gasteiger partial charge in [-0.3, -0.25) is 4.72 Å². The van der Waals surface area contributed by atoms with Gasteiger partial charge in [0.2, 0.25) is 0 Å². The maximum Gasteiger partial charge on any atom is 0.263 e. The van der Waals surface area contributed by atoms with Crippen molar-refractivity contribution in [2.45, 2.75) is 11.8 Å². The van der Waals surface area contributed by atoms with Gasteiger partial charge in [-0.1, -0.05) is 12.1 Å². The molecule has 0 aliphatic heterocycles. The average Bonchev–Trinajstić information content (AvgIpc) is 2.36. The molecule has 0 aliphatic carbocycles. The number of hydrogen-bond donors (Lipinski definition) is 1. The predicted molar refractivity (Wildman–Crippen MR) is 83.8 cm³/mol. The highest BCUT2D eigenvalue weighted by Crippen LogP contribution is 2.28. The molecule has 0 bridgehead atoms. The van der Waals surface area contributed by atoms with Crippen molar-refractivity contribution in [1.29, 1.82) is 0 Å². The molecule has 0 aliphatic rings. The summed E-state index contributed by atoms with van der Waals surface area (Å²) in [4.78, 5) is 0.0997. The topological polar surface area (TPSA) is 46.2 Å². The van der Waals surface area contributed by atoms with Gasteiger partial charge in [0.1, 0.15) is 10.7 Å². The molecule has 106 valence electrons. The predicted octanol–water partition coefficient (Wildman–Crippen LogP) is 4.46. The molecule has 0 amide bonds. The van der Waals surface area contributed by atoms with E-state index in [-0.39, 0.29) is 10.6 Å². The van der Waals surface area contributed by atoms with Gasteiger partial charge in [-0.05, 0) is 68.6 Å². The van der Waals surface area contributed by atoms with Crippen LogP contribution in [0.15, 0.2) is 50.2 Å². The lowest BCUT2D eigenvalue weighted by molar-refractivity contribution is 0.600. The molecule has 0 atom stereocenters. The standard InChI is InChI=1S/C13H10Br2FNO2S/c1-8-6-10(15)11(16)7-12(8)17-20(18,19)13-5-3-2-4-9(13)14/h2-7,17H,1H3. The zero-order chi connectivity index (χ0) is 14.9. The van der Waals surface area contributed by atoms with Gasteiger partial charge in [-0.2, -0.15) is 0 Å². The van der Waals surface area contributed by atoms with E-state index in [4.69, 9.17) is 0 Å². The smallest absolute Gasteiger partial charge is 0.263 e. The van der Waals surface area contributed by atoms with Crippen LogP contribution in [0.5, 0.6) is 0 Å². The van der Waals surface area contributed by atoms with Crippen LogP contribution in [0, 0.1) is 12.7 Å². The highest BCUT2D eigenvalue weighted by molar-refractivity contribution is 9.10. The fourth-order valence-corrected chi connectivity index (χ4v) is 4.20. The van der Waals surface area contributed by atoms with Crippen molar-refractivity contribution in [2.75, 3.05) is 4.72 Å². The molecule has 3 nitrogen and oxygen atoms in total. The molecule has 0 heterocycles. The fourth-order valence-electron chi connectivity index (χ4n) is 1.62. The summed E-state index contributed by atoms with van der Waals surface area (Å²) in [6.07, 6.45) is 0. The number of aryl methyl sites for hydroxylation is 1. The second kappa shape index (κ2) is 5.83. The summed E-state index contributed by atoms with van der Waals surface area (Å²) in [6.45, 7) is 1.70. The molecule has 2 aromatic rings. The van der Waals surface area contributed by atoms with E-state index >= 15 is 0 Å². The lowest BCUT2D eigenvalue weighted by Crippen LogP contribution is -2.14. The van der Waals surface area contributed by atoms with Crippen molar-refractivity contribution in [3.8, 4) is 0 Å². The molecule has 2 rings (SSSR count). The molecule has 2 aromatic carbocycles. The molecule has 1 N–H and O–H groups in total. The molecule has 7 heteroatoms. The number of nitrogens with one attached hydrogen (secondary N) is 1. The Morgan fingerprint density at radius 3 is 2.40 bits per heavy atom. The second-order valence-corrected chi connectivity index (χ2v) is 7.48. The Bertz CT molecular complexity index is 763. The Kier molecular flexibility index (Phi) is 4.51. The van der Waals surface area contributed by atoms with Crippen molar-refractivity contribution < 1.29 is 12.8 Å². The molecule has 0 saturated heterocycles. The number of anilines is 1. The lowest BCUT2D eigenvalue weighted by atomic mass is 10.2. The van der Waals surface area contributed by atoms with Gasteiger partial charge >= 0.3 is 0 Å². The minimum Gasteiger partial charge on any atom is -0.279 e. The maximum absolute atomic E-state index is 13.5. The molecule has 0 spiro atoms. The monoisotopic (exact) mass is 421 g/mol. The highest BCUT2D eigenvalue weighted by Gasteiger charge is 2.18. The van der Waals surface area contributed by atoms with Crippen molar-refractivity contribution in [3.05, 3.63) is 56.7 Å². The maximum atomic E-state index is 13.5. The Balaban J connectivity index is 2.44. The zero-order valence-corrected chi connectivity index (χ0v) is 14.3. The van der Waals surface area contributed by atoms with Gasteiger partial charge < -0.3 is 0 Å². The van der Waals surface area contributed by atoms with E-state index in [2.05, 4.69) is 36.6 Å². The van der Waals surface area contributed by atoms with Gasteiger partial charge in [-0.25, -0.2) is 12.8 Å². The minimum atomic E-state index is -3.77. The minimum absolute atomic E-state index is 0.0997. The number of halogens is 3. The number of sulfonamides is 1. The Morgan fingerprint density at radius 1 is 1.10 bits per heavy atom. The van der Waals surface area contributed by atoms with Crippen LogP contribution in [0.25, 0.3) is 0 Å². The van der Waals surface area contributed by atoms with Crippen LogP contribution in [-0.2, 0) is 10.0 Å². The molecule has 20 heavy (non-hydrogen) atoms. The highest BCUT2D eigenvalue weighted by atomic mass is 79.9. The van der Waals surface area contributed by atoms with Gasteiger partial charge in [0.25, 0.3) is 10.0 Å². The summed E-state index contributed by atoms with van der Waals surface area (Å²) in [5.74, 6) is -0.527. The van der Waals surface area contributed by atoms with Gasteiger partial charge in [0.05, 0.1) is 10.2 Å². The molecule has 0 unspecified atom stereocenters. The van der Waals surface area contributed by atoms with Crippen molar-refractivity contribution in [3.63, 3.8) is 0 Å². The first kappa shape index (κ1) is 15.5. The molecular formula is C13H10Br2FNO2S. The van der Waals surface area contributed by atoms with Crippen LogP contribution < -0.4 is 4.72 Å². The Hall–Kier alpha value is -0.920. The normalized spacial score (nSPS) is 11.4. The van der Waals surface area contributed by atoms with Crippen LogP contribution in [-0.4, -0.2) is 8.42 Å². The summed E-state index contributed by atoms with van der Waals surface area (Å²) in [5, 5.41) is 0. The third-order valence-electron chi connectivity index (χ3n) is 2.64. The fraction of sp³-hybridized carbons (Fsp3) is 0.0769. The zero-order valence-electron chi connectivity index (χ0n) is 10.3. The third-order valence-corrected chi connectivity index (χ3v) is 5.62. The van der Waals surface area contributed by atoms with Crippen molar-refractivity contribution in [2.24, 2.45) is 0 Å². The van der Waals surface area contributed by atoms with E-state index < -0.39 is 15.8 Å². The van der Waals surface area contributed by atoms with E-state index in [1.54, 1.807) is 25.1 Å². The lowest BCUT2D eigenvalue weighted by Gasteiger charge is -2.12. The number of hydrogen-bond acceptors (Lipinski definition) is 2. The third kappa shape index (κ3) is 3.21. The summed E-state index contributed by atoms with van der Waals surface area (Å²) in [6, 6.07) is 9.10. The largest absolute Gasteiger partial charge is 0.279 e. The van der Waals surface area contributed by atoms with Gasteiger partial charge in [0, 0.05) is 4.47 Å². The molecular weight excluding hydrogens is 413 g/mol. The van der Waals surface area contributed by atoms with Gasteiger partial charge in [-0.15, -0.1) is 0 Å². The number of rotatable bonds is 3. The second-order valence-electron chi connectivity index (χ2n) is 4.12. The summed E-state index contributed by atoms with van der Waals surface area (Å²) in [7, 11) is -3.77. The first-order valence-electron chi connectivity index (χ1n) is 5.54. The molecule has 0 saturated carbocycles. The molecule has 0 radical (unpaired) electrons. The first-order chi connectivity index (χ1) is 9.31. The SMILES string of the molecule is Cc1cc(Br)c(F)cc1NS(=O)(=O)c1ccccc1Br. The first-order valence-corrected chi connectivity index (χ1v) is 8.61. The van der Waals surface area contributed by atoms with Crippen LogP contribution >= 0.6 is 31.9 Å². The van der Waals surface area contributed by atoms with Crippen LogP contribution in [0.3, 0.4) is 0 Å².